The second-order valence-electron chi connectivity index (χ2n) is 7.07. The highest BCUT2D eigenvalue weighted by molar-refractivity contribution is 5.98. The minimum atomic E-state index is -0.664. The molecule has 0 saturated carbocycles. The van der Waals surface area contributed by atoms with E-state index in [9.17, 15) is 14.4 Å². The van der Waals surface area contributed by atoms with Gasteiger partial charge in [0.2, 0.25) is 0 Å². The van der Waals surface area contributed by atoms with Crippen LogP contribution in [0.3, 0.4) is 0 Å². The molecule has 31 heavy (non-hydrogen) atoms. The maximum atomic E-state index is 13.9. The number of carbonyl (C=O) groups is 1. The summed E-state index contributed by atoms with van der Waals surface area (Å²) >= 11 is 0. The van der Waals surface area contributed by atoms with Gasteiger partial charge in [0.1, 0.15) is 29.4 Å². The van der Waals surface area contributed by atoms with E-state index in [-0.39, 0.29) is 29.7 Å². The van der Waals surface area contributed by atoms with Crippen LogP contribution in [0.4, 0.5) is 16.0 Å². The number of nitrogens with two attached hydrogens (primary N) is 1. The van der Waals surface area contributed by atoms with Crippen LogP contribution in [0.5, 0.6) is 11.5 Å². The number of aromatic nitrogens is 3. The zero-order valence-electron chi connectivity index (χ0n) is 17.1. The molecule has 3 heterocycles. The Hall–Kier alpha value is -4.13. The third-order valence-electron chi connectivity index (χ3n) is 5.06. The third-order valence-corrected chi connectivity index (χ3v) is 5.06. The van der Waals surface area contributed by atoms with Gasteiger partial charge in [-0.25, -0.2) is 9.37 Å². The van der Waals surface area contributed by atoms with E-state index in [2.05, 4.69) is 16.2 Å². The molecule has 2 N–H and O–H groups in total. The third kappa shape index (κ3) is 3.50. The lowest BCUT2D eigenvalue weighted by Gasteiger charge is -2.20. The molecule has 2 aromatic heterocycles. The van der Waals surface area contributed by atoms with E-state index in [1.54, 1.807) is 20.0 Å². The van der Waals surface area contributed by atoms with Crippen LogP contribution in [0, 0.1) is 17.1 Å². The first-order valence-electron chi connectivity index (χ1n) is 9.38. The van der Waals surface area contributed by atoms with Gasteiger partial charge in [0, 0.05) is 31.4 Å². The van der Waals surface area contributed by atoms with Gasteiger partial charge in [-0.3, -0.25) is 14.4 Å². The minimum Gasteiger partial charge on any atom is -0.483 e. The number of aryl methyl sites for hydroxylation is 1. The Balaban J connectivity index is 1.94. The maximum absolute atomic E-state index is 13.9. The molecule has 158 valence electrons. The number of benzene rings is 1. The number of nitriles is 1. The number of carbonyl (C=O) groups excluding carboxylic acids is 1. The summed E-state index contributed by atoms with van der Waals surface area (Å²) in [6, 6.07) is 7.69. The zero-order chi connectivity index (χ0) is 22.3. The summed E-state index contributed by atoms with van der Waals surface area (Å²) in [7, 11) is 3.15. The van der Waals surface area contributed by atoms with Crippen molar-refractivity contribution in [3.05, 3.63) is 47.5 Å². The molecule has 1 aromatic carbocycles. The summed E-state index contributed by atoms with van der Waals surface area (Å²) in [5, 5.41) is 14.0. The lowest BCUT2D eigenvalue weighted by atomic mass is 10.1. The van der Waals surface area contributed by atoms with Gasteiger partial charge in [-0.05, 0) is 31.2 Å². The van der Waals surface area contributed by atoms with Gasteiger partial charge < -0.3 is 15.2 Å². The van der Waals surface area contributed by atoms with Gasteiger partial charge in [0.15, 0.2) is 24.0 Å². The monoisotopic (exact) mass is 422 g/mol. The van der Waals surface area contributed by atoms with Gasteiger partial charge in [-0.1, -0.05) is 0 Å². The highest BCUT2D eigenvalue weighted by Crippen LogP contribution is 2.38. The van der Waals surface area contributed by atoms with Gasteiger partial charge in [0.25, 0.3) is 5.91 Å². The highest BCUT2D eigenvalue weighted by Gasteiger charge is 2.27. The SMILES string of the molecule is CC1Oc2cc(cnc2N)-c2c(nn(C)c2C#N)N(C)C(=O)COc2ccc(F)cc21. The molecule has 9 nitrogen and oxygen atoms in total. The largest absolute Gasteiger partial charge is 0.483 e. The van der Waals surface area contributed by atoms with Gasteiger partial charge >= 0.3 is 0 Å². The van der Waals surface area contributed by atoms with Gasteiger partial charge in [0.05, 0.1) is 5.56 Å². The standard InChI is InChI=1S/C21H19FN6O3/c1-11-14-7-13(22)4-5-16(14)30-10-18(29)27(2)21-19(15(8-23)28(3)26-21)12-6-17(31-11)20(24)25-9-12/h4-7,9,11H,10H2,1-3H3,(H2,24,25). The van der Waals surface area contributed by atoms with Crippen molar-refractivity contribution in [1.82, 2.24) is 14.8 Å². The van der Waals surface area contributed by atoms with Crippen LogP contribution in [-0.4, -0.2) is 34.3 Å². The Morgan fingerprint density at radius 3 is 2.81 bits per heavy atom. The van der Waals surface area contributed by atoms with E-state index in [1.165, 1.54) is 41.0 Å². The van der Waals surface area contributed by atoms with Gasteiger partial charge in [-0.2, -0.15) is 10.4 Å². The van der Waals surface area contributed by atoms with E-state index in [1.807, 2.05) is 0 Å². The number of hydrogen-bond donors (Lipinski definition) is 1. The number of nitrogen functional groups attached to an aromatic ring is 1. The van der Waals surface area contributed by atoms with Crippen LogP contribution in [0.25, 0.3) is 11.1 Å². The lowest BCUT2D eigenvalue weighted by Crippen LogP contribution is -2.32. The number of fused-ring (bicyclic) bond motifs is 5. The number of amides is 1. The summed E-state index contributed by atoms with van der Waals surface area (Å²) in [4.78, 5) is 18.3. The molecule has 0 aliphatic carbocycles. The molecule has 0 fully saturated rings. The molecule has 1 unspecified atom stereocenters. The molecule has 1 aliphatic heterocycles. The summed E-state index contributed by atoms with van der Waals surface area (Å²) < 4.78 is 27.0. The average Bonchev–Trinajstić information content (AvgIpc) is 3.09. The Morgan fingerprint density at radius 2 is 2.06 bits per heavy atom. The van der Waals surface area contributed by atoms with Crippen molar-refractivity contribution >= 4 is 17.5 Å². The highest BCUT2D eigenvalue weighted by atomic mass is 19.1. The quantitative estimate of drug-likeness (QED) is 0.591. The number of nitrogens with zero attached hydrogens (tertiary/aromatic N) is 5. The average molecular weight is 422 g/mol. The van der Waals surface area contributed by atoms with Crippen molar-refractivity contribution in [1.29, 1.82) is 5.26 Å². The molecule has 2 bridgehead atoms. The first kappa shape index (κ1) is 20.2. The number of pyridine rings is 1. The zero-order valence-corrected chi connectivity index (χ0v) is 17.1. The fraction of sp³-hybridized carbons (Fsp3) is 0.238. The molecule has 1 amide bonds. The van der Waals surface area contributed by atoms with E-state index in [4.69, 9.17) is 15.2 Å². The molecule has 0 radical (unpaired) electrons. The molecule has 3 aromatic rings. The van der Waals surface area contributed by atoms with Crippen LogP contribution < -0.4 is 20.1 Å². The lowest BCUT2D eigenvalue weighted by molar-refractivity contribution is -0.120. The first-order chi connectivity index (χ1) is 14.8. The van der Waals surface area contributed by atoms with E-state index in [0.717, 1.165) is 0 Å². The van der Waals surface area contributed by atoms with E-state index < -0.39 is 17.8 Å². The Labute approximate surface area is 177 Å². The predicted molar refractivity (Wildman–Crippen MR) is 110 cm³/mol. The fourth-order valence-electron chi connectivity index (χ4n) is 3.40. The van der Waals surface area contributed by atoms with Gasteiger partial charge in [-0.15, -0.1) is 0 Å². The van der Waals surface area contributed by atoms with Crippen LogP contribution in [-0.2, 0) is 11.8 Å². The molecule has 10 heteroatoms. The number of hydrogen-bond acceptors (Lipinski definition) is 7. The van der Waals surface area contributed by atoms with E-state index >= 15 is 0 Å². The minimum absolute atomic E-state index is 0.123. The number of rotatable bonds is 0. The normalized spacial score (nSPS) is 15.9. The van der Waals surface area contributed by atoms with Crippen molar-refractivity contribution < 1.29 is 18.7 Å². The number of ether oxygens (including phenoxy) is 2. The van der Waals surface area contributed by atoms with Crippen molar-refractivity contribution in [2.75, 3.05) is 24.3 Å². The smallest absolute Gasteiger partial charge is 0.265 e. The maximum Gasteiger partial charge on any atom is 0.265 e. The van der Waals surface area contributed by atoms with Crippen molar-refractivity contribution in [2.24, 2.45) is 7.05 Å². The molecule has 1 atom stereocenters. The van der Waals surface area contributed by atoms with Crippen molar-refractivity contribution in [3.8, 4) is 28.7 Å². The number of halogens is 1. The fourth-order valence-corrected chi connectivity index (χ4v) is 3.40. The van der Waals surface area contributed by atoms with Crippen molar-refractivity contribution in [2.45, 2.75) is 13.0 Å². The predicted octanol–water partition coefficient (Wildman–Crippen LogP) is 2.57. The topological polar surface area (TPSA) is 119 Å². The van der Waals surface area contributed by atoms with Crippen LogP contribution in [0.1, 0.15) is 24.3 Å². The summed E-state index contributed by atoms with van der Waals surface area (Å²) in [5.41, 5.74) is 7.57. The summed E-state index contributed by atoms with van der Waals surface area (Å²) in [5.74, 6) is 0.0508. The number of likely N-dealkylation sites (N-methyl/N-ethyl adjacent to an activating group) is 1. The molecule has 0 saturated heterocycles. The number of anilines is 2. The second kappa shape index (κ2) is 7.60. The van der Waals surface area contributed by atoms with Crippen LogP contribution in [0.15, 0.2) is 30.5 Å². The Morgan fingerprint density at radius 1 is 1.29 bits per heavy atom. The summed E-state index contributed by atoms with van der Waals surface area (Å²) in [6.07, 6.45) is 0.818. The van der Waals surface area contributed by atoms with Crippen LogP contribution in [0.2, 0.25) is 0 Å². The Bertz CT molecular complexity index is 1230. The Kier molecular flexibility index (Phi) is 4.94. The second-order valence-corrected chi connectivity index (χ2v) is 7.07. The molecule has 0 spiro atoms. The molecular formula is C21H19FN6O3. The molecular weight excluding hydrogens is 403 g/mol. The first-order valence-corrected chi connectivity index (χ1v) is 9.38. The molecule has 4 rings (SSSR count). The molecule has 1 aliphatic rings. The summed E-state index contributed by atoms with van der Waals surface area (Å²) in [6.45, 7) is 1.38. The van der Waals surface area contributed by atoms with Crippen molar-refractivity contribution in [3.63, 3.8) is 0 Å². The van der Waals surface area contributed by atoms with E-state index in [0.29, 0.717) is 22.4 Å². The van der Waals surface area contributed by atoms with Crippen LogP contribution >= 0.6 is 0 Å².